The first kappa shape index (κ1) is 24.7. The van der Waals surface area contributed by atoms with Crippen molar-refractivity contribution < 1.29 is 17.6 Å². The van der Waals surface area contributed by atoms with E-state index in [9.17, 15) is 17.6 Å². The molecule has 1 saturated heterocycles. The van der Waals surface area contributed by atoms with Crippen molar-refractivity contribution in [2.75, 3.05) is 39.4 Å². The minimum atomic E-state index is -4.43. The Morgan fingerprint density at radius 2 is 1.77 bits per heavy atom. The second kappa shape index (κ2) is 9.47. The number of piperazine rings is 1. The van der Waals surface area contributed by atoms with E-state index in [4.69, 9.17) is 4.98 Å². The van der Waals surface area contributed by atoms with Crippen LogP contribution in [0.15, 0.2) is 18.5 Å². The zero-order valence-electron chi connectivity index (χ0n) is 20.7. The fourth-order valence-electron chi connectivity index (χ4n) is 6.27. The van der Waals surface area contributed by atoms with Crippen LogP contribution in [0.5, 0.6) is 0 Å². The van der Waals surface area contributed by atoms with Crippen LogP contribution in [-0.2, 0) is 12.6 Å². The summed E-state index contributed by atoms with van der Waals surface area (Å²) in [4.78, 5) is 13.6. The summed E-state index contributed by atoms with van der Waals surface area (Å²) in [5.41, 5.74) is 0.273. The molecule has 192 valence electrons. The Balaban J connectivity index is 1.31. The molecule has 1 aliphatic heterocycles. The molecule has 2 aliphatic carbocycles. The molecule has 0 spiro atoms. The summed E-state index contributed by atoms with van der Waals surface area (Å²) in [5.74, 6) is 2.55. The lowest BCUT2D eigenvalue weighted by Gasteiger charge is -2.38. The number of aryl methyl sites for hydroxylation is 1. The molecule has 3 aliphatic rings. The SMILES string of the molecule is Cc1ncc(-c2cn([C@H]3[C@@H]4CC(N5CCN(CCF)CC5)C[C@@H]43)c(CC(C)C)n2)cc1C(F)(F)F. The van der Waals surface area contributed by atoms with Gasteiger partial charge in [-0.15, -0.1) is 0 Å². The average molecular weight is 494 g/mol. The van der Waals surface area contributed by atoms with Gasteiger partial charge in [0.1, 0.15) is 12.5 Å². The van der Waals surface area contributed by atoms with Crippen LogP contribution in [0.2, 0.25) is 0 Å². The van der Waals surface area contributed by atoms with E-state index < -0.39 is 11.7 Å². The van der Waals surface area contributed by atoms with Crippen LogP contribution in [0.25, 0.3) is 11.3 Å². The van der Waals surface area contributed by atoms with Crippen LogP contribution < -0.4 is 0 Å². The molecule has 0 bridgehead atoms. The fourth-order valence-corrected chi connectivity index (χ4v) is 6.27. The van der Waals surface area contributed by atoms with Gasteiger partial charge in [0.05, 0.1) is 11.3 Å². The van der Waals surface area contributed by atoms with Crippen molar-refractivity contribution in [1.29, 1.82) is 0 Å². The third-order valence-corrected chi connectivity index (χ3v) is 8.11. The van der Waals surface area contributed by atoms with Crippen molar-refractivity contribution in [2.45, 2.75) is 58.3 Å². The van der Waals surface area contributed by atoms with Crippen molar-refractivity contribution in [3.05, 3.63) is 35.5 Å². The number of rotatable bonds is 7. The topological polar surface area (TPSA) is 37.2 Å². The highest BCUT2D eigenvalue weighted by molar-refractivity contribution is 5.59. The van der Waals surface area contributed by atoms with Crippen LogP contribution in [0, 0.1) is 24.7 Å². The predicted octanol–water partition coefficient (Wildman–Crippen LogP) is 5.01. The van der Waals surface area contributed by atoms with E-state index in [0.717, 1.165) is 51.3 Å². The van der Waals surface area contributed by atoms with Crippen molar-refractivity contribution in [3.63, 3.8) is 0 Å². The summed E-state index contributed by atoms with van der Waals surface area (Å²) in [6.07, 6.45) is 2.12. The van der Waals surface area contributed by atoms with E-state index in [2.05, 4.69) is 33.2 Å². The molecule has 2 saturated carbocycles. The van der Waals surface area contributed by atoms with Crippen LogP contribution in [0.1, 0.15) is 49.8 Å². The first-order valence-electron chi connectivity index (χ1n) is 12.8. The van der Waals surface area contributed by atoms with Gasteiger partial charge in [-0.3, -0.25) is 14.8 Å². The van der Waals surface area contributed by atoms with Gasteiger partial charge < -0.3 is 4.57 Å². The highest BCUT2D eigenvalue weighted by Gasteiger charge is 2.58. The molecule has 0 N–H and O–H groups in total. The molecule has 0 radical (unpaired) electrons. The molecule has 0 aromatic carbocycles. The Kier molecular flexibility index (Phi) is 6.68. The molecule has 0 amide bonds. The molecule has 1 unspecified atom stereocenters. The van der Waals surface area contributed by atoms with Crippen molar-refractivity contribution >= 4 is 0 Å². The Labute approximate surface area is 204 Å². The quantitative estimate of drug-likeness (QED) is 0.509. The number of hydrogen-bond acceptors (Lipinski definition) is 4. The van der Waals surface area contributed by atoms with E-state index >= 15 is 0 Å². The van der Waals surface area contributed by atoms with Gasteiger partial charge in [-0.1, -0.05) is 13.8 Å². The molecule has 5 nitrogen and oxygen atoms in total. The molecule has 5 rings (SSSR count). The summed E-state index contributed by atoms with van der Waals surface area (Å²) in [6, 6.07) is 2.15. The molecule has 3 heterocycles. The second-order valence-corrected chi connectivity index (χ2v) is 10.9. The first-order chi connectivity index (χ1) is 16.7. The summed E-state index contributed by atoms with van der Waals surface area (Å²) < 4.78 is 55.3. The van der Waals surface area contributed by atoms with Crippen LogP contribution in [0.3, 0.4) is 0 Å². The number of alkyl halides is 4. The third kappa shape index (κ3) is 4.99. The molecule has 2 aromatic heterocycles. The Morgan fingerprint density at radius 1 is 1.09 bits per heavy atom. The van der Waals surface area contributed by atoms with E-state index in [1.54, 1.807) is 0 Å². The number of nitrogens with zero attached hydrogens (tertiary/aromatic N) is 5. The lowest BCUT2D eigenvalue weighted by Crippen LogP contribution is -2.50. The van der Waals surface area contributed by atoms with Gasteiger partial charge in [-0.2, -0.15) is 13.2 Å². The lowest BCUT2D eigenvalue weighted by atomic mass is 10.1. The summed E-state index contributed by atoms with van der Waals surface area (Å²) >= 11 is 0. The molecule has 35 heavy (non-hydrogen) atoms. The zero-order chi connectivity index (χ0) is 24.9. The Morgan fingerprint density at radius 3 is 2.37 bits per heavy atom. The molecule has 3 fully saturated rings. The molecule has 4 atom stereocenters. The minimum Gasteiger partial charge on any atom is -0.331 e. The number of imidazole rings is 1. The van der Waals surface area contributed by atoms with Crippen LogP contribution >= 0.6 is 0 Å². The van der Waals surface area contributed by atoms with Gasteiger partial charge >= 0.3 is 6.18 Å². The average Bonchev–Trinajstić information content (AvgIpc) is 3.10. The van der Waals surface area contributed by atoms with Gasteiger partial charge in [0.15, 0.2) is 0 Å². The van der Waals surface area contributed by atoms with Crippen molar-refractivity contribution in [3.8, 4) is 11.3 Å². The zero-order valence-corrected chi connectivity index (χ0v) is 20.7. The van der Waals surface area contributed by atoms with E-state index in [0.29, 0.717) is 47.6 Å². The maximum absolute atomic E-state index is 13.5. The maximum Gasteiger partial charge on any atom is 0.418 e. The molecule has 2 aromatic rings. The number of halogens is 4. The maximum atomic E-state index is 13.5. The number of pyridine rings is 1. The smallest absolute Gasteiger partial charge is 0.331 e. The van der Waals surface area contributed by atoms with E-state index in [1.807, 2.05) is 6.20 Å². The Hall–Kier alpha value is -2.00. The molecule has 9 heteroatoms. The Bertz CT molecular complexity index is 1030. The number of hydrogen-bond donors (Lipinski definition) is 0. The highest BCUT2D eigenvalue weighted by atomic mass is 19.4. The summed E-state index contributed by atoms with van der Waals surface area (Å²) in [5, 5.41) is 0. The lowest BCUT2D eigenvalue weighted by molar-refractivity contribution is -0.138. The van der Waals surface area contributed by atoms with Gasteiger partial charge in [0.2, 0.25) is 0 Å². The summed E-state index contributed by atoms with van der Waals surface area (Å²) in [6.45, 7) is 9.80. The van der Waals surface area contributed by atoms with Crippen molar-refractivity contribution in [1.82, 2.24) is 24.3 Å². The molecular formula is C26H35F4N5. The minimum absolute atomic E-state index is 0.0172. The van der Waals surface area contributed by atoms with E-state index in [-0.39, 0.29) is 12.4 Å². The predicted molar refractivity (Wildman–Crippen MR) is 127 cm³/mol. The van der Waals surface area contributed by atoms with Gasteiger partial charge in [-0.05, 0) is 43.6 Å². The van der Waals surface area contributed by atoms with Gasteiger partial charge in [0.25, 0.3) is 0 Å². The van der Waals surface area contributed by atoms with Crippen LogP contribution in [0.4, 0.5) is 17.6 Å². The number of fused-ring (bicyclic) bond motifs is 1. The van der Waals surface area contributed by atoms with Crippen molar-refractivity contribution in [2.24, 2.45) is 17.8 Å². The first-order valence-corrected chi connectivity index (χ1v) is 12.8. The third-order valence-electron chi connectivity index (χ3n) is 8.11. The van der Waals surface area contributed by atoms with Gasteiger partial charge in [-0.25, -0.2) is 9.37 Å². The molecular weight excluding hydrogens is 458 g/mol. The van der Waals surface area contributed by atoms with E-state index in [1.165, 1.54) is 19.2 Å². The second-order valence-electron chi connectivity index (χ2n) is 10.9. The largest absolute Gasteiger partial charge is 0.418 e. The summed E-state index contributed by atoms with van der Waals surface area (Å²) in [7, 11) is 0. The monoisotopic (exact) mass is 493 g/mol. The number of aromatic nitrogens is 3. The normalized spacial score (nSPS) is 27.5. The highest BCUT2D eigenvalue weighted by Crippen LogP contribution is 2.62. The standard InChI is InChI=1S/C26H35F4N5/c1-16(2)10-24-32-23(18-11-22(26(28,29)30)17(3)31-14-18)15-35(24)25-20-12-19(13-21(20)25)34-8-6-33(5-4-27)7-9-34/h11,14-16,19-21,25H,4-10,12-13H2,1-3H3/t19?,20-,21+,25+. The van der Waals surface area contributed by atoms with Gasteiger partial charge in [0, 0.05) is 74.9 Å². The fraction of sp³-hybridized carbons (Fsp3) is 0.692. The van der Waals surface area contributed by atoms with Crippen LogP contribution in [-0.4, -0.2) is 69.8 Å².